The van der Waals surface area contributed by atoms with Crippen LogP contribution in [-0.2, 0) is 19.0 Å². The van der Waals surface area contributed by atoms with Crippen LogP contribution in [0.3, 0.4) is 0 Å². The highest BCUT2D eigenvalue weighted by atomic mass is 35.5. The summed E-state index contributed by atoms with van der Waals surface area (Å²) < 4.78 is 13.5. The Morgan fingerprint density at radius 2 is 1.92 bits per heavy atom. The molecule has 0 aliphatic carbocycles. The van der Waals surface area contributed by atoms with Crippen LogP contribution in [0.25, 0.3) is 0 Å². The summed E-state index contributed by atoms with van der Waals surface area (Å²) in [5.74, 6) is 0. The van der Waals surface area contributed by atoms with Crippen molar-refractivity contribution in [3.63, 3.8) is 0 Å². The van der Waals surface area contributed by atoms with Gasteiger partial charge in [-0.05, 0) is 0 Å². The second-order valence-electron chi connectivity index (χ2n) is 1.67. The third-order valence-corrected chi connectivity index (χ3v) is 0.966. The molecule has 0 N–H and O–H groups in total. The van der Waals surface area contributed by atoms with Gasteiger partial charge in [0.2, 0.25) is 0 Å². The van der Waals surface area contributed by atoms with E-state index in [4.69, 9.17) is 16.3 Å². The summed E-state index contributed by atoms with van der Waals surface area (Å²) in [6.45, 7) is 1.14. The van der Waals surface area contributed by atoms with Crippen LogP contribution >= 0.6 is 11.6 Å². The van der Waals surface area contributed by atoms with Gasteiger partial charge in [0.05, 0.1) is 13.2 Å². The molecule has 0 amide bonds. The molecule has 0 atom stereocenters. The van der Waals surface area contributed by atoms with E-state index in [1.807, 2.05) is 0 Å². The van der Waals surface area contributed by atoms with Crippen molar-refractivity contribution < 1.29 is 23.8 Å². The number of rotatable bonds is 7. The van der Waals surface area contributed by atoms with E-state index >= 15 is 0 Å². The molecular weight excluding hydrogens is 188 g/mol. The Labute approximate surface area is 74.5 Å². The fraction of sp³-hybridized carbons (Fsp3) is 0.667. The number of hydrogen-bond donors (Lipinski definition) is 0. The van der Waals surface area contributed by atoms with Crippen molar-refractivity contribution in [3.8, 4) is 0 Å². The first-order valence-electron chi connectivity index (χ1n) is 3.22. The van der Waals surface area contributed by atoms with Crippen molar-refractivity contribution in [1.82, 2.24) is 0 Å². The molecular formula is C6H9ClO5. The van der Waals surface area contributed by atoms with E-state index in [-0.39, 0.29) is 26.4 Å². The van der Waals surface area contributed by atoms with Crippen molar-refractivity contribution in [3.05, 3.63) is 0 Å². The average Bonchev–Trinajstić information content (AvgIpc) is 2.02. The van der Waals surface area contributed by atoms with Gasteiger partial charge in [0.15, 0.2) is 0 Å². The van der Waals surface area contributed by atoms with Crippen LogP contribution in [0.1, 0.15) is 0 Å². The first-order chi connectivity index (χ1) is 5.77. The molecule has 0 heterocycles. The molecule has 0 aromatic rings. The maximum Gasteiger partial charge on any atom is 0.403 e. The lowest BCUT2D eigenvalue weighted by atomic mass is 10.7. The Balaban J connectivity index is 2.90. The van der Waals surface area contributed by atoms with E-state index < -0.39 is 5.43 Å². The van der Waals surface area contributed by atoms with Crippen molar-refractivity contribution in [2.45, 2.75) is 0 Å². The van der Waals surface area contributed by atoms with E-state index in [0.29, 0.717) is 6.47 Å². The molecule has 0 bridgehead atoms. The van der Waals surface area contributed by atoms with Gasteiger partial charge in [-0.3, -0.25) is 4.79 Å². The summed E-state index contributed by atoms with van der Waals surface area (Å²) in [7, 11) is 0. The van der Waals surface area contributed by atoms with E-state index in [0.717, 1.165) is 0 Å². The monoisotopic (exact) mass is 196 g/mol. The Kier molecular flexibility index (Phi) is 7.73. The summed E-state index contributed by atoms with van der Waals surface area (Å²) in [5.41, 5.74) is -0.859. The predicted molar refractivity (Wildman–Crippen MR) is 40.0 cm³/mol. The minimum atomic E-state index is -0.859. The quantitative estimate of drug-likeness (QED) is 0.338. The van der Waals surface area contributed by atoms with Gasteiger partial charge >= 0.3 is 5.43 Å². The Morgan fingerprint density at radius 3 is 2.50 bits per heavy atom. The summed E-state index contributed by atoms with van der Waals surface area (Å²) >= 11 is 4.85. The van der Waals surface area contributed by atoms with Crippen LogP contribution in [0.2, 0.25) is 0 Å². The van der Waals surface area contributed by atoms with Crippen molar-refractivity contribution in [1.29, 1.82) is 0 Å². The number of carbonyl (C=O) groups excluding carboxylic acids is 2. The normalized spacial score (nSPS) is 9.08. The van der Waals surface area contributed by atoms with Gasteiger partial charge in [-0.2, -0.15) is 0 Å². The number of halogens is 1. The largest absolute Gasteiger partial charge is 0.465 e. The van der Waals surface area contributed by atoms with Crippen molar-refractivity contribution >= 4 is 23.5 Å². The lowest BCUT2D eigenvalue weighted by molar-refractivity contribution is -0.130. The van der Waals surface area contributed by atoms with Gasteiger partial charge in [0, 0.05) is 11.6 Å². The maximum atomic E-state index is 10.00. The zero-order chi connectivity index (χ0) is 9.23. The molecule has 0 fully saturated rings. The zero-order valence-electron chi connectivity index (χ0n) is 6.32. The lowest BCUT2D eigenvalue weighted by Crippen LogP contribution is -2.09. The standard InChI is InChI=1S/C6H9ClO5/c7-6(9)12-4-3-10-1-2-11-5-8/h5H,1-4H2. The average molecular weight is 197 g/mol. The van der Waals surface area contributed by atoms with Crippen LogP contribution in [0.5, 0.6) is 0 Å². The minimum Gasteiger partial charge on any atom is -0.465 e. The first-order valence-corrected chi connectivity index (χ1v) is 3.60. The van der Waals surface area contributed by atoms with Crippen LogP contribution < -0.4 is 0 Å². The first kappa shape index (κ1) is 11.2. The number of ether oxygens (including phenoxy) is 3. The third-order valence-electron chi connectivity index (χ3n) is 0.857. The maximum absolute atomic E-state index is 10.00. The molecule has 0 spiro atoms. The highest BCUT2D eigenvalue weighted by Crippen LogP contribution is 1.86. The van der Waals surface area contributed by atoms with Gasteiger partial charge in [0.25, 0.3) is 6.47 Å². The molecule has 0 rings (SSSR count). The fourth-order valence-corrected chi connectivity index (χ4v) is 0.515. The van der Waals surface area contributed by atoms with Crippen LogP contribution in [0.4, 0.5) is 4.79 Å². The zero-order valence-corrected chi connectivity index (χ0v) is 7.08. The topological polar surface area (TPSA) is 61.8 Å². The SMILES string of the molecule is O=COCCOCCOC(=O)Cl. The molecule has 0 aromatic carbocycles. The van der Waals surface area contributed by atoms with Crippen molar-refractivity contribution in [2.75, 3.05) is 26.4 Å². The fourth-order valence-electron chi connectivity index (χ4n) is 0.438. The Bertz CT molecular complexity index is 138. The minimum absolute atomic E-state index is 0.101. The Hall–Kier alpha value is -0.810. The summed E-state index contributed by atoms with van der Waals surface area (Å²) in [6.07, 6.45) is 0. The molecule has 0 aliphatic rings. The molecule has 70 valence electrons. The third kappa shape index (κ3) is 9.19. The molecule has 5 nitrogen and oxygen atoms in total. The van der Waals surface area contributed by atoms with Crippen LogP contribution in [0, 0.1) is 0 Å². The van der Waals surface area contributed by atoms with Gasteiger partial charge in [-0.15, -0.1) is 0 Å². The molecule has 0 unspecified atom stereocenters. The molecule has 6 heteroatoms. The number of hydrogen-bond acceptors (Lipinski definition) is 5. The summed E-state index contributed by atoms with van der Waals surface area (Å²) in [4.78, 5) is 19.6. The second kappa shape index (κ2) is 8.29. The molecule has 0 saturated carbocycles. The smallest absolute Gasteiger partial charge is 0.403 e. The highest BCUT2D eigenvalue weighted by molar-refractivity contribution is 6.61. The van der Waals surface area contributed by atoms with E-state index in [9.17, 15) is 9.59 Å². The summed E-state index contributed by atoms with van der Waals surface area (Å²) in [6, 6.07) is 0. The molecule has 0 saturated heterocycles. The molecule has 12 heavy (non-hydrogen) atoms. The van der Waals surface area contributed by atoms with E-state index in [1.165, 1.54) is 0 Å². The van der Waals surface area contributed by atoms with Crippen LogP contribution in [-0.4, -0.2) is 38.3 Å². The predicted octanol–water partition coefficient (Wildman–Crippen LogP) is 0.551. The van der Waals surface area contributed by atoms with E-state index in [2.05, 4.69) is 9.47 Å². The highest BCUT2D eigenvalue weighted by Gasteiger charge is 1.94. The van der Waals surface area contributed by atoms with Gasteiger partial charge in [-0.25, -0.2) is 4.79 Å². The van der Waals surface area contributed by atoms with Crippen LogP contribution in [0.15, 0.2) is 0 Å². The molecule has 0 aliphatic heterocycles. The second-order valence-corrected chi connectivity index (χ2v) is 1.97. The summed E-state index contributed by atoms with van der Waals surface area (Å²) in [5, 5.41) is 0. The molecule has 0 aromatic heterocycles. The van der Waals surface area contributed by atoms with Gasteiger partial charge in [0.1, 0.15) is 13.2 Å². The van der Waals surface area contributed by atoms with Crippen molar-refractivity contribution in [2.24, 2.45) is 0 Å². The van der Waals surface area contributed by atoms with E-state index in [1.54, 1.807) is 0 Å². The lowest BCUT2D eigenvalue weighted by Gasteiger charge is -2.02. The molecule has 0 radical (unpaired) electrons. The Morgan fingerprint density at radius 1 is 1.25 bits per heavy atom. The van der Waals surface area contributed by atoms with Gasteiger partial charge in [-0.1, -0.05) is 0 Å². The number of carbonyl (C=O) groups is 2. The van der Waals surface area contributed by atoms with Gasteiger partial charge < -0.3 is 14.2 Å².